The Morgan fingerprint density at radius 2 is 1.48 bits per heavy atom. The maximum atomic E-state index is 7.02. The first-order chi connectivity index (χ1) is 28.1. The minimum absolute atomic E-state index is 0.0127. The Balaban J connectivity index is 1.02. The molecule has 1 aliphatic rings. The second-order valence-corrected chi connectivity index (χ2v) is 20.9. The second-order valence-electron chi connectivity index (χ2n) is 16.6. The minimum atomic E-state index is -2.19. The summed E-state index contributed by atoms with van der Waals surface area (Å²) in [6.45, 7) is 11.4. The van der Waals surface area contributed by atoms with E-state index in [1.54, 1.807) is 0 Å². The molecule has 0 bridgehead atoms. The number of nitrogens with zero attached hydrogens (tertiary/aromatic N) is 6. The van der Waals surface area contributed by atoms with Crippen LogP contribution in [0.3, 0.4) is 0 Å². The fourth-order valence-corrected chi connectivity index (χ4v) is 11.9. The molecule has 0 spiro atoms. The summed E-state index contributed by atoms with van der Waals surface area (Å²) in [4.78, 5) is 17.3. The molecule has 0 atom stereocenters. The molecule has 8 nitrogen and oxygen atoms in total. The van der Waals surface area contributed by atoms with Gasteiger partial charge < -0.3 is 9.15 Å². The maximum absolute atomic E-state index is 7.02. The first kappa shape index (κ1) is 34.3. The number of hydrogen-bond donors (Lipinski definition) is 0. The maximum Gasteiger partial charge on any atom is 0.221 e. The summed E-state index contributed by atoms with van der Waals surface area (Å²) in [5, 5.41) is 3.76. The second kappa shape index (κ2) is 12.5. The highest BCUT2D eigenvalue weighted by Crippen LogP contribution is 2.43. The third kappa shape index (κ3) is 5.16. The molecule has 282 valence electrons. The van der Waals surface area contributed by atoms with Gasteiger partial charge in [-0.25, -0.2) is 9.97 Å². The molecule has 0 aliphatic carbocycles. The lowest BCUT2D eigenvalue weighted by Gasteiger charge is -2.37. The molecular formula is C49H40N6O2Si. The van der Waals surface area contributed by atoms with Crippen LogP contribution in [0, 0.1) is 0 Å². The van der Waals surface area contributed by atoms with Crippen molar-refractivity contribution in [2.45, 2.75) is 39.3 Å². The zero-order valence-electron chi connectivity index (χ0n) is 32.9. The van der Waals surface area contributed by atoms with Crippen LogP contribution in [0.4, 0.5) is 17.3 Å². The van der Waals surface area contributed by atoms with E-state index in [4.69, 9.17) is 24.1 Å². The Hall–Kier alpha value is -6.97. The highest BCUT2D eigenvalue weighted by molar-refractivity contribution is 7.04. The Morgan fingerprint density at radius 1 is 0.690 bits per heavy atom. The van der Waals surface area contributed by atoms with E-state index >= 15 is 0 Å². The number of anilines is 3. The van der Waals surface area contributed by atoms with Gasteiger partial charge in [0.15, 0.2) is 5.58 Å². The van der Waals surface area contributed by atoms with Crippen molar-refractivity contribution in [1.82, 2.24) is 23.9 Å². The van der Waals surface area contributed by atoms with Gasteiger partial charge in [-0.15, -0.1) is 0 Å². The molecule has 0 saturated heterocycles. The first-order valence-corrected chi connectivity index (χ1v) is 22.7. The van der Waals surface area contributed by atoms with Crippen molar-refractivity contribution in [3.05, 3.63) is 157 Å². The van der Waals surface area contributed by atoms with Crippen molar-refractivity contribution in [1.29, 1.82) is 0 Å². The topological polar surface area (TPSA) is 73.6 Å². The number of fused-ring (bicyclic) bond motifs is 9. The number of pyridine rings is 2. The van der Waals surface area contributed by atoms with Crippen molar-refractivity contribution in [3.63, 3.8) is 0 Å². The van der Waals surface area contributed by atoms with E-state index in [1.807, 2.05) is 54.9 Å². The molecule has 0 fully saturated rings. The molecule has 0 radical (unpaired) electrons. The molecule has 0 saturated carbocycles. The van der Waals surface area contributed by atoms with Crippen LogP contribution in [-0.2, 0) is 5.41 Å². The normalized spacial score (nSPS) is 13.7. The summed E-state index contributed by atoms with van der Waals surface area (Å²) in [5.41, 5.74) is 9.79. The smallest absolute Gasteiger partial charge is 0.221 e. The Bertz CT molecular complexity index is 3230. The number of benzene rings is 5. The fourth-order valence-electron chi connectivity index (χ4n) is 8.73. The van der Waals surface area contributed by atoms with Crippen LogP contribution in [0.15, 0.2) is 156 Å². The molecule has 9 heteroatoms. The van der Waals surface area contributed by atoms with Gasteiger partial charge in [0.1, 0.15) is 31.1 Å². The third-order valence-corrected chi connectivity index (χ3v) is 15.1. The number of aromatic nitrogens is 5. The lowest BCUT2D eigenvalue weighted by atomic mass is 9.88. The molecule has 6 heterocycles. The van der Waals surface area contributed by atoms with Gasteiger partial charge in [-0.2, -0.15) is 0 Å². The van der Waals surface area contributed by atoms with E-state index in [0.717, 1.165) is 67.5 Å². The molecule has 0 unspecified atom stereocenters. The summed E-state index contributed by atoms with van der Waals surface area (Å²) in [7, 11) is -2.19. The number of ether oxygens (including phenoxy) is 1. The van der Waals surface area contributed by atoms with E-state index in [2.05, 4.69) is 145 Å². The quantitative estimate of drug-likeness (QED) is 0.162. The van der Waals surface area contributed by atoms with E-state index in [9.17, 15) is 0 Å². The lowest BCUT2D eigenvalue weighted by Crippen LogP contribution is -2.58. The van der Waals surface area contributed by atoms with E-state index in [0.29, 0.717) is 11.5 Å². The fraction of sp³-hybridized carbons (Fsp3) is 0.122. The van der Waals surface area contributed by atoms with Gasteiger partial charge in [0.25, 0.3) is 0 Å². The molecule has 11 rings (SSSR count). The van der Waals surface area contributed by atoms with Gasteiger partial charge >= 0.3 is 0 Å². The molecule has 5 aromatic heterocycles. The molecule has 10 aromatic rings. The molecule has 58 heavy (non-hydrogen) atoms. The summed E-state index contributed by atoms with van der Waals surface area (Å²) in [6.07, 6.45) is 3.88. The van der Waals surface area contributed by atoms with Crippen LogP contribution in [0.5, 0.6) is 11.5 Å². The molecule has 0 N–H and O–H groups in total. The predicted molar refractivity (Wildman–Crippen MR) is 237 cm³/mol. The monoisotopic (exact) mass is 772 g/mol. The predicted octanol–water partition coefficient (Wildman–Crippen LogP) is 11.3. The molecule has 5 aromatic carbocycles. The van der Waals surface area contributed by atoms with Gasteiger partial charge in [0, 0.05) is 46.0 Å². The number of hydrogen-bond acceptors (Lipinski definition) is 6. The zero-order valence-corrected chi connectivity index (χ0v) is 33.9. The van der Waals surface area contributed by atoms with Gasteiger partial charge in [-0.1, -0.05) is 101 Å². The minimum Gasteiger partial charge on any atom is -0.457 e. The average molecular weight is 773 g/mol. The van der Waals surface area contributed by atoms with Crippen LogP contribution in [0.25, 0.3) is 55.9 Å². The van der Waals surface area contributed by atoms with Gasteiger partial charge in [-0.05, 0) is 82.9 Å². The van der Waals surface area contributed by atoms with Crippen molar-refractivity contribution < 1.29 is 9.15 Å². The SMILES string of the molecule is CC(C)(C)c1ccc(-n2c3cc(Oc4cccc(-c5nccc6c7c(oc56)N(c5ccccc5)c5ccccc5[Si]7(C)C)c4)ccc3n3c4ccccc4nc23)nc1. The van der Waals surface area contributed by atoms with Crippen molar-refractivity contribution in [3.8, 4) is 28.6 Å². The standard InChI is InChI=1S/C49H40N6O2Si/c1-49(2,3)32-22-25-43(51-30-32)55-41-29-35(23-24-39(41)54-38-19-10-9-18-37(38)52-48(54)55)56-34-17-13-14-31(28-34)44-45-36(26-27-50-44)46-47(57-45)53(33-15-7-6-8-16-33)40-20-11-12-21-42(40)58(46,4)5/h6-30H,1-5H3. The van der Waals surface area contributed by atoms with Gasteiger partial charge in [0.2, 0.25) is 11.7 Å². The molecular weight excluding hydrogens is 733 g/mol. The number of imidazole rings is 2. The summed E-state index contributed by atoms with van der Waals surface area (Å²) < 4.78 is 18.0. The van der Waals surface area contributed by atoms with Crippen molar-refractivity contribution in [2.24, 2.45) is 0 Å². The zero-order chi connectivity index (χ0) is 39.3. The molecule has 1 aliphatic heterocycles. The highest BCUT2D eigenvalue weighted by atomic mass is 28.3. The first-order valence-electron chi connectivity index (χ1n) is 19.7. The molecule has 0 amide bonds. The third-order valence-electron chi connectivity index (χ3n) is 11.6. The number of furan rings is 1. The summed E-state index contributed by atoms with van der Waals surface area (Å²) in [5.74, 6) is 3.86. The van der Waals surface area contributed by atoms with Crippen LogP contribution >= 0.6 is 0 Å². The van der Waals surface area contributed by atoms with E-state index < -0.39 is 8.07 Å². The highest BCUT2D eigenvalue weighted by Gasteiger charge is 2.43. The number of rotatable bonds is 5. The van der Waals surface area contributed by atoms with Crippen LogP contribution in [0.1, 0.15) is 26.3 Å². The van der Waals surface area contributed by atoms with Crippen molar-refractivity contribution >= 4 is 74.5 Å². The number of para-hydroxylation sites is 4. The van der Waals surface area contributed by atoms with Crippen LogP contribution in [-0.4, -0.2) is 32.0 Å². The van der Waals surface area contributed by atoms with Gasteiger partial charge in [0.05, 0.1) is 22.1 Å². The Kier molecular flexibility index (Phi) is 7.40. The summed E-state index contributed by atoms with van der Waals surface area (Å²) in [6, 6.07) is 48.1. The van der Waals surface area contributed by atoms with Crippen LogP contribution in [0.2, 0.25) is 13.1 Å². The van der Waals surface area contributed by atoms with Crippen LogP contribution < -0.4 is 20.0 Å². The largest absolute Gasteiger partial charge is 0.457 e. The Morgan fingerprint density at radius 3 is 2.31 bits per heavy atom. The van der Waals surface area contributed by atoms with Gasteiger partial charge in [-0.3, -0.25) is 18.9 Å². The van der Waals surface area contributed by atoms with E-state index in [-0.39, 0.29) is 5.41 Å². The Labute approximate surface area is 336 Å². The average Bonchev–Trinajstić information content (AvgIpc) is 3.90. The summed E-state index contributed by atoms with van der Waals surface area (Å²) >= 11 is 0. The lowest BCUT2D eigenvalue weighted by molar-refractivity contribution is 0.483. The van der Waals surface area contributed by atoms with Crippen molar-refractivity contribution in [2.75, 3.05) is 4.90 Å². The van der Waals surface area contributed by atoms with E-state index in [1.165, 1.54) is 21.6 Å².